The molecule has 0 radical (unpaired) electrons. The Bertz CT molecular complexity index is 657. The van der Waals surface area contributed by atoms with E-state index < -0.39 is 5.97 Å². The number of halogens is 1. The quantitative estimate of drug-likeness (QED) is 0.794. The number of rotatable bonds is 4. The predicted octanol–water partition coefficient (Wildman–Crippen LogP) is 4.09. The Balaban J connectivity index is 2.30. The molecule has 1 aromatic carbocycles. The number of aryl methyl sites for hydroxylation is 1. The number of carbonyl (C=O) groups is 1. The van der Waals surface area contributed by atoms with Crippen molar-refractivity contribution in [1.82, 2.24) is 4.98 Å². The van der Waals surface area contributed by atoms with E-state index in [9.17, 15) is 4.79 Å². The maximum Gasteiger partial charge on any atom is 0.357 e. The van der Waals surface area contributed by atoms with Crippen molar-refractivity contribution in [3.63, 3.8) is 0 Å². The number of nitrogens with zero attached hydrogens (tertiary/aromatic N) is 2. The van der Waals surface area contributed by atoms with Crippen molar-refractivity contribution in [2.24, 2.45) is 0 Å². The lowest BCUT2D eigenvalue weighted by Crippen LogP contribution is -2.22. The first-order valence-corrected chi connectivity index (χ1v) is 7.68. The van der Waals surface area contributed by atoms with E-state index in [1.807, 2.05) is 43.1 Å². The Morgan fingerprint density at radius 3 is 2.71 bits per heavy atom. The molecule has 2 rings (SSSR count). The molecule has 0 amide bonds. The van der Waals surface area contributed by atoms with Crippen molar-refractivity contribution in [3.8, 4) is 0 Å². The van der Waals surface area contributed by atoms with Crippen molar-refractivity contribution in [2.75, 3.05) is 19.1 Å². The van der Waals surface area contributed by atoms with Gasteiger partial charge in [-0.25, -0.2) is 9.78 Å². The predicted molar refractivity (Wildman–Crippen MR) is 86.5 cm³/mol. The minimum Gasteiger partial charge on any atom is -0.464 e. The van der Waals surface area contributed by atoms with Gasteiger partial charge in [0.15, 0.2) is 10.8 Å². The zero-order chi connectivity index (χ0) is 15.6. The topological polar surface area (TPSA) is 42.4 Å². The van der Waals surface area contributed by atoms with Crippen LogP contribution in [0.5, 0.6) is 0 Å². The monoisotopic (exact) mass is 324 g/mol. The lowest BCUT2D eigenvalue weighted by molar-refractivity contribution is 0.0594. The van der Waals surface area contributed by atoms with Crippen LogP contribution in [0.1, 0.15) is 33.9 Å². The van der Waals surface area contributed by atoms with Crippen molar-refractivity contribution >= 4 is 34.0 Å². The van der Waals surface area contributed by atoms with Gasteiger partial charge in [-0.15, -0.1) is 11.3 Å². The third-order valence-electron chi connectivity index (χ3n) is 3.40. The summed E-state index contributed by atoms with van der Waals surface area (Å²) in [5.74, 6) is -0.409. The summed E-state index contributed by atoms with van der Waals surface area (Å²) >= 11 is 7.71. The summed E-state index contributed by atoms with van der Waals surface area (Å²) in [4.78, 5) is 18.9. The van der Waals surface area contributed by atoms with E-state index in [0.29, 0.717) is 5.69 Å². The van der Waals surface area contributed by atoms with Crippen LogP contribution in [-0.2, 0) is 4.74 Å². The average molecular weight is 325 g/mol. The zero-order valence-corrected chi connectivity index (χ0v) is 14.0. The fourth-order valence-electron chi connectivity index (χ4n) is 2.01. The number of methoxy groups -OCH3 is 1. The van der Waals surface area contributed by atoms with Gasteiger partial charge in [0, 0.05) is 16.9 Å². The summed E-state index contributed by atoms with van der Waals surface area (Å²) in [5.41, 5.74) is 1.39. The van der Waals surface area contributed by atoms with Crippen molar-refractivity contribution in [1.29, 1.82) is 0 Å². The molecule has 6 heteroatoms. The molecule has 112 valence electrons. The second kappa shape index (κ2) is 6.45. The normalized spacial score (nSPS) is 12.0. The molecular weight excluding hydrogens is 308 g/mol. The Labute approximate surface area is 133 Å². The first kappa shape index (κ1) is 15.8. The van der Waals surface area contributed by atoms with Gasteiger partial charge in [-0.3, -0.25) is 0 Å². The smallest absolute Gasteiger partial charge is 0.357 e. The molecular formula is C15H17ClN2O2S. The summed E-state index contributed by atoms with van der Waals surface area (Å²) < 4.78 is 4.74. The van der Waals surface area contributed by atoms with E-state index in [0.717, 1.165) is 20.6 Å². The molecule has 0 spiro atoms. The minimum atomic E-state index is -0.409. The van der Waals surface area contributed by atoms with Crippen LogP contribution in [0.3, 0.4) is 0 Å². The summed E-state index contributed by atoms with van der Waals surface area (Å²) in [6.45, 7) is 3.91. The molecule has 0 saturated heterocycles. The molecule has 0 aliphatic heterocycles. The van der Waals surface area contributed by atoms with Gasteiger partial charge in [-0.2, -0.15) is 0 Å². The highest BCUT2D eigenvalue weighted by atomic mass is 35.5. The Morgan fingerprint density at radius 1 is 1.43 bits per heavy atom. The second-order valence-electron chi connectivity index (χ2n) is 4.70. The van der Waals surface area contributed by atoms with E-state index in [1.54, 1.807) is 0 Å². The largest absolute Gasteiger partial charge is 0.464 e. The Morgan fingerprint density at radius 2 is 2.10 bits per heavy atom. The maximum absolute atomic E-state index is 11.6. The van der Waals surface area contributed by atoms with E-state index >= 15 is 0 Å². The number of esters is 1. The van der Waals surface area contributed by atoms with Gasteiger partial charge in [0.1, 0.15) is 0 Å². The fourth-order valence-corrected chi connectivity index (χ4v) is 3.24. The first-order chi connectivity index (χ1) is 9.95. The molecule has 0 aliphatic rings. The zero-order valence-electron chi connectivity index (χ0n) is 12.4. The van der Waals surface area contributed by atoms with E-state index in [-0.39, 0.29) is 6.04 Å². The van der Waals surface area contributed by atoms with Crippen LogP contribution in [0.25, 0.3) is 0 Å². The Kier molecular flexibility index (Phi) is 4.85. The van der Waals surface area contributed by atoms with Gasteiger partial charge in [-0.1, -0.05) is 29.8 Å². The van der Waals surface area contributed by atoms with Crippen LogP contribution in [0.4, 0.5) is 5.13 Å². The molecule has 21 heavy (non-hydrogen) atoms. The molecule has 1 heterocycles. The van der Waals surface area contributed by atoms with Gasteiger partial charge >= 0.3 is 5.97 Å². The molecule has 0 bridgehead atoms. The third kappa shape index (κ3) is 3.19. The van der Waals surface area contributed by atoms with Crippen LogP contribution in [0.2, 0.25) is 5.02 Å². The number of ether oxygens (including phenoxy) is 1. The summed E-state index contributed by atoms with van der Waals surface area (Å²) in [5, 5.41) is 1.48. The molecule has 1 aromatic heterocycles. The highest BCUT2D eigenvalue weighted by molar-refractivity contribution is 7.15. The second-order valence-corrected chi connectivity index (χ2v) is 6.29. The van der Waals surface area contributed by atoms with Gasteiger partial charge in [-0.05, 0) is 25.5 Å². The van der Waals surface area contributed by atoms with Crippen LogP contribution < -0.4 is 4.90 Å². The third-order valence-corrected chi connectivity index (χ3v) is 4.81. The SMILES string of the molecule is COC(=O)c1nc(N(C)C(C)c2ccccc2Cl)sc1C. The van der Waals surface area contributed by atoms with Gasteiger partial charge in [0.2, 0.25) is 0 Å². The van der Waals surface area contributed by atoms with E-state index in [1.165, 1.54) is 18.4 Å². The molecule has 4 nitrogen and oxygen atoms in total. The van der Waals surface area contributed by atoms with E-state index in [4.69, 9.17) is 16.3 Å². The summed E-state index contributed by atoms with van der Waals surface area (Å²) in [7, 11) is 3.30. The standard InChI is InChI=1S/C15H17ClN2O2S/c1-9(11-7-5-6-8-12(11)16)18(3)15-17-13(10(2)21-15)14(19)20-4/h5-9H,1-4H3. The van der Waals surface area contributed by atoms with Crippen LogP contribution in [0, 0.1) is 6.92 Å². The maximum atomic E-state index is 11.6. The molecule has 0 N–H and O–H groups in total. The molecule has 0 saturated carbocycles. The number of anilines is 1. The lowest BCUT2D eigenvalue weighted by Gasteiger charge is -2.25. The van der Waals surface area contributed by atoms with Gasteiger partial charge in [0.05, 0.1) is 13.2 Å². The van der Waals surface area contributed by atoms with Crippen LogP contribution >= 0.6 is 22.9 Å². The van der Waals surface area contributed by atoms with E-state index in [2.05, 4.69) is 11.9 Å². The number of aromatic nitrogens is 1. The van der Waals surface area contributed by atoms with Crippen molar-refractivity contribution < 1.29 is 9.53 Å². The highest BCUT2D eigenvalue weighted by Crippen LogP contribution is 2.33. The number of benzene rings is 1. The Hall–Kier alpha value is -1.59. The molecule has 2 aromatic rings. The first-order valence-electron chi connectivity index (χ1n) is 6.48. The lowest BCUT2D eigenvalue weighted by atomic mass is 10.1. The van der Waals surface area contributed by atoms with Crippen molar-refractivity contribution in [2.45, 2.75) is 19.9 Å². The molecule has 1 atom stereocenters. The van der Waals surface area contributed by atoms with Crippen LogP contribution in [0.15, 0.2) is 24.3 Å². The fraction of sp³-hybridized carbons (Fsp3) is 0.333. The number of hydrogen-bond acceptors (Lipinski definition) is 5. The summed E-state index contributed by atoms with van der Waals surface area (Å²) in [6.07, 6.45) is 0. The molecule has 1 unspecified atom stereocenters. The number of hydrogen-bond donors (Lipinski definition) is 0. The average Bonchev–Trinajstić information content (AvgIpc) is 2.87. The number of thiazole rings is 1. The molecule has 0 aliphatic carbocycles. The number of carbonyl (C=O) groups excluding carboxylic acids is 1. The minimum absolute atomic E-state index is 0.0507. The summed E-state index contributed by atoms with van der Waals surface area (Å²) in [6, 6.07) is 7.77. The van der Waals surface area contributed by atoms with Crippen molar-refractivity contribution in [3.05, 3.63) is 45.4 Å². The highest BCUT2D eigenvalue weighted by Gasteiger charge is 2.21. The molecule has 0 fully saturated rings. The van der Waals surface area contributed by atoms with Gasteiger partial charge in [0.25, 0.3) is 0 Å². The van der Waals surface area contributed by atoms with Crippen LogP contribution in [-0.4, -0.2) is 25.1 Å². The van der Waals surface area contributed by atoms with Gasteiger partial charge < -0.3 is 9.64 Å².